The monoisotopic (exact) mass is 579 g/mol. The minimum atomic E-state index is -4.40. The molecule has 40 heavy (non-hydrogen) atoms. The van der Waals surface area contributed by atoms with Crippen molar-refractivity contribution in [2.24, 2.45) is 0 Å². The van der Waals surface area contributed by atoms with Gasteiger partial charge in [-0.25, -0.2) is 21.9 Å². The van der Waals surface area contributed by atoms with E-state index in [0.29, 0.717) is 43.0 Å². The van der Waals surface area contributed by atoms with Gasteiger partial charge in [0.1, 0.15) is 5.75 Å². The molecule has 0 radical (unpaired) electrons. The second-order valence-corrected chi connectivity index (χ2v) is 11.5. The minimum absolute atomic E-state index is 0.374. The summed E-state index contributed by atoms with van der Waals surface area (Å²) >= 11 is 1.42. The van der Waals surface area contributed by atoms with E-state index in [9.17, 15) is 22.0 Å². The van der Waals surface area contributed by atoms with Gasteiger partial charge in [0.05, 0.1) is 22.9 Å². The van der Waals surface area contributed by atoms with E-state index in [4.69, 9.17) is 4.74 Å². The molecule has 0 aliphatic carbocycles. The predicted octanol–water partition coefficient (Wildman–Crippen LogP) is 5.56. The van der Waals surface area contributed by atoms with E-state index in [1.54, 1.807) is 16.3 Å². The summed E-state index contributed by atoms with van der Waals surface area (Å²) in [6.45, 7) is 0.826. The molecule has 5 rings (SSSR count). The fraction of sp³-hybridized carbons (Fsp3) is 0.103. The van der Waals surface area contributed by atoms with E-state index in [1.807, 2.05) is 29.1 Å². The Labute approximate surface area is 233 Å². The highest BCUT2D eigenvalue weighted by molar-refractivity contribution is 7.90. The first-order chi connectivity index (χ1) is 19.3. The topological polar surface area (TPSA) is 90.3 Å². The molecule has 0 aliphatic heterocycles. The zero-order valence-electron chi connectivity index (χ0n) is 21.0. The van der Waals surface area contributed by atoms with E-state index >= 15 is 0 Å². The van der Waals surface area contributed by atoms with Crippen LogP contribution in [0.4, 0.5) is 8.78 Å². The number of thiophene rings is 1. The number of fused-ring (bicyclic) bond motifs is 1. The summed E-state index contributed by atoms with van der Waals surface area (Å²) in [5, 5.41) is 8.34. The van der Waals surface area contributed by atoms with Gasteiger partial charge in [0, 0.05) is 35.8 Å². The van der Waals surface area contributed by atoms with Gasteiger partial charge in [0.25, 0.3) is 15.9 Å². The summed E-state index contributed by atoms with van der Waals surface area (Å²) in [6, 6.07) is 18.2. The molecule has 2 heterocycles. The highest BCUT2D eigenvalue weighted by Crippen LogP contribution is 2.33. The van der Waals surface area contributed by atoms with Gasteiger partial charge in [-0.2, -0.15) is 5.10 Å². The number of hydrogen-bond donors (Lipinski definition) is 1. The zero-order valence-corrected chi connectivity index (χ0v) is 22.6. The lowest BCUT2D eigenvalue weighted by molar-refractivity contribution is -0.114. The molecule has 0 aliphatic rings. The van der Waals surface area contributed by atoms with Crippen LogP contribution in [-0.2, 0) is 27.8 Å². The number of carbonyl (C=O) groups excluding carboxylic acids is 1. The second kappa shape index (κ2) is 11.8. The number of benzene rings is 3. The number of nitrogens with one attached hydrogen (secondary N) is 1. The maximum absolute atomic E-state index is 13.5. The standard InChI is InChI=1S/C29H23F2N3O4S2/c30-25-10-9-24(17-26(25)31)40(36,37)33-28(35)11-8-23-19-39-27(18-34-14-3-13-32-34)29(23)38-15-12-20-6-7-21-4-1-2-5-22(21)16-20/h1-11,13-14,16-17,19H,12,15,18H2,(H,33,35)/b11-8+. The predicted molar refractivity (Wildman–Crippen MR) is 150 cm³/mol. The normalized spacial score (nSPS) is 11.8. The van der Waals surface area contributed by atoms with E-state index < -0.39 is 32.5 Å². The van der Waals surface area contributed by atoms with Gasteiger partial charge in [0.2, 0.25) is 0 Å². The molecule has 0 bridgehead atoms. The average Bonchev–Trinajstić information content (AvgIpc) is 3.59. The van der Waals surface area contributed by atoms with Crippen LogP contribution >= 0.6 is 11.3 Å². The molecule has 3 aromatic carbocycles. The number of rotatable bonds is 10. The van der Waals surface area contributed by atoms with Gasteiger partial charge in [-0.05, 0) is 46.7 Å². The Morgan fingerprint density at radius 3 is 2.62 bits per heavy atom. The van der Waals surface area contributed by atoms with Crippen LogP contribution in [-0.4, -0.2) is 30.7 Å². The van der Waals surface area contributed by atoms with Gasteiger partial charge >= 0.3 is 0 Å². The molecule has 2 aromatic heterocycles. The largest absolute Gasteiger partial charge is 0.491 e. The number of aromatic nitrogens is 2. The third-order valence-corrected chi connectivity index (χ3v) is 8.33. The molecule has 0 saturated carbocycles. The second-order valence-electron chi connectivity index (χ2n) is 8.81. The van der Waals surface area contributed by atoms with Crippen molar-refractivity contribution in [1.29, 1.82) is 0 Å². The molecule has 0 spiro atoms. The lowest BCUT2D eigenvalue weighted by atomic mass is 10.1. The van der Waals surface area contributed by atoms with Crippen molar-refractivity contribution >= 4 is 44.1 Å². The van der Waals surface area contributed by atoms with E-state index in [-0.39, 0.29) is 0 Å². The Morgan fingerprint density at radius 2 is 1.85 bits per heavy atom. The Hall–Kier alpha value is -4.35. The van der Waals surface area contributed by atoms with Crippen LogP contribution in [0.25, 0.3) is 16.8 Å². The molecule has 0 atom stereocenters. The molecule has 5 aromatic rings. The highest BCUT2D eigenvalue weighted by Gasteiger charge is 2.19. The Bertz CT molecular complexity index is 1800. The lowest BCUT2D eigenvalue weighted by Crippen LogP contribution is -2.29. The maximum atomic E-state index is 13.5. The number of amides is 1. The zero-order chi connectivity index (χ0) is 28.1. The number of hydrogen-bond acceptors (Lipinski definition) is 6. The summed E-state index contributed by atoms with van der Waals surface area (Å²) in [6.07, 6.45) is 6.65. The number of carbonyl (C=O) groups is 1. The molecule has 204 valence electrons. The summed E-state index contributed by atoms with van der Waals surface area (Å²) in [5.41, 5.74) is 1.70. The van der Waals surface area contributed by atoms with Crippen LogP contribution in [0.1, 0.15) is 16.0 Å². The van der Waals surface area contributed by atoms with Gasteiger partial charge in [-0.15, -0.1) is 11.3 Å². The third kappa shape index (κ3) is 6.44. The van der Waals surface area contributed by atoms with E-state index in [0.717, 1.165) is 33.4 Å². The maximum Gasteiger partial charge on any atom is 0.264 e. The van der Waals surface area contributed by atoms with Gasteiger partial charge < -0.3 is 4.74 Å². The fourth-order valence-corrected chi connectivity index (χ4v) is 5.93. The SMILES string of the molecule is O=C(/C=C/c1csc(Cn2cccn2)c1OCCc1ccc2ccccc2c1)NS(=O)(=O)c1ccc(F)c(F)c1. The van der Waals surface area contributed by atoms with Crippen LogP contribution < -0.4 is 9.46 Å². The van der Waals surface area contributed by atoms with Gasteiger partial charge in [-0.1, -0.05) is 42.5 Å². The molecule has 0 unspecified atom stereocenters. The van der Waals surface area contributed by atoms with E-state index in [1.165, 1.54) is 17.4 Å². The van der Waals surface area contributed by atoms with Crippen molar-refractivity contribution in [3.05, 3.63) is 118 Å². The smallest absolute Gasteiger partial charge is 0.264 e. The molecular formula is C29H23F2N3O4S2. The van der Waals surface area contributed by atoms with Crippen molar-refractivity contribution in [2.75, 3.05) is 6.61 Å². The molecule has 1 amide bonds. The average molecular weight is 580 g/mol. The van der Waals surface area contributed by atoms with Crippen LogP contribution in [0, 0.1) is 11.6 Å². The molecule has 1 N–H and O–H groups in total. The molecule has 0 saturated heterocycles. The third-order valence-electron chi connectivity index (χ3n) is 6.01. The van der Waals surface area contributed by atoms with Crippen LogP contribution in [0.3, 0.4) is 0 Å². The van der Waals surface area contributed by atoms with Gasteiger partial charge in [-0.3, -0.25) is 9.48 Å². The van der Waals surface area contributed by atoms with Crippen LogP contribution in [0.15, 0.2) is 95.5 Å². The summed E-state index contributed by atoms with van der Waals surface area (Å²) < 4.78 is 61.3. The number of ether oxygens (including phenoxy) is 1. The van der Waals surface area contributed by atoms with Crippen LogP contribution in [0.5, 0.6) is 5.75 Å². The first-order valence-corrected chi connectivity index (χ1v) is 14.5. The minimum Gasteiger partial charge on any atom is -0.491 e. The van der Waals surface area contributed by atoms with Crippen molar-refractivity contribution in [2.45, 2.75) is 17.9 Å². The fourth-order valence-electron chi connectivity index (χ4n) is 4.03. The highest BCUT2D eigenvalue weighted by atomic mass is 32.2. The van der Waals surface area contributed by atoms with Gasteiger partial charge in [0.15, 0.2) is 11.6 Å². The Morgan fingerprint density at radius 1 is 1.02 bits per heavy atom. The van der Waals surface area contributed by atoms with Crippen molar-refractivity contribution in [3.63, 3.8) is 0 Å². The van der Waals surface area contributed by atoms with Crippen LogP contribution in [0.2, 0.25) is 0 Å². The number of halogens is 2. The Kier molecular flexibility index (Phi) is 8.04. The summed E-state index contributed by atoms with van der Waals surface area (Å²) in [5.74, 6) is -2.92. The number of nitrogens with zero attached hydrogens (tertiary/aromatic N) is 2. The van der Waals surface area contributed by atoms with Crippen molar-refractivity contribution < 1.29 is 26.7 Å². The summed E-state index contributed by atoms with van der Waals surface area (Å²) in [4.78, 5) is 12.7. The van der Waals surface area contributed by atoms with E-state index in [2.05, 4.69) is 35.4 Å². The quantitative estimate of drug-likeness (QED) is 0.219. The lowest BCUT2D eigenvalue weighted by Gasteiger charge is -2.10. The Balaban J connectivity index is 1.31. The molecular weight excluding hydrogens is 556 g/mol. The van der Waals surface area contributed by atoms with Crippen molar-refractivity contribution in [1.82, 2.24) is 14.5 Å². The van der Waals surface area contributed by atoms with Crippen molar-refractivity contribution in [3.8, 4) is 5.75 Å². The molecule has 7 nitrogen and oxygen atoms in total. The first kappa shape index (κ1) is 27.2. The first-order valence-electron chi connectivity index (χ1n) is 12.2. The summed E-state index contributed by atoms with van der Waals surface area (Å²) in [7, 11) is -4.40. The number of sulfonamides is 1. The molecule has 0 fully saturated rings. The molecule has 11 heteroatoms.